The molecule has 0 spiro atoms. The summed E-state index contributed by atoms with van der Waals surface area (Å²) in [6, 6.07) is 0. The van der Waals surface area contributed by atoms with Crippen molar-refractivity contribution < 1.29 is 28.7 Å². The number of carbonyl (C=O) groups excluding carboxylic acids is 5. The molecule has 2 aliphatic rings. The number of hydrogen-bond acceptors (Lipinski definition) is 6. The summed E-state index contributed by atoms with van der Waals surface area (Å²) in [6.45, 7) is 12.5. The first kappa shape index (κ1) is 36.3. The van der Waals surface area contributed by atoms with E-state index < -0.39 is 28.2 Å². The molecular weight excluding hydrogens is 550 g/mol. The topological polar surface area (TPSA) is 155 Å². The highest BCUT2D eigenvalue weighted by atomic mass is 16.6. The second-order valence-corrected chi connectivity index (χ2v) is 14.9. The van der Waals surface area contributed by atoms with Crippen LogP contribution in [-0.2, 0) is 23.9 Å². The van der Waals surface area contributed by atoms with Crippen LogP contribution in [0.1, 0.15) is 126 Å². The molecular formula is C32H57N5O6. The van der Waals surface area contributed by atoms with Gasteiger partial charge in [-0.15, -0.1) is 0 Å². The number of nitrogens with one attached hydrogen (secondary N) is 5. The van der Waals surface area contributed by atoms with Gasteiger partial charge in [0.2, 0.25) is 23.6 Å². The Morgan fingerprint density at radius 3 is 1.40 bits per heavy atom. The van der Waals surface area contributed by atoms with Gasteiger partial charge in [-0.1, -0.05) is 38.5 Å². The van der Waals surface area contributed by atoms with Crippen molar-refractivity contribution in [3.05, 3.63) is 0 Å². The molecule has 0 heterocycles. The van der Waals surface area contributed by atoms with Gasteiger partial charge in [-0.2, -0.15) is 0 Å². The van der Waals surface area contributed by atoms with E-state index in [4.69, 9.17) is 4.74 Å². The van der Waals surface area contributed by atoms with Crippen molar-refractivity contribution >= 4 is 29.7 Å². The van der Waals surface area contributed by atoms with Crippen LogP contribution in [-0.4, -0.2) is 66.5 Å². The fraction of sp³-hybridized carbons (Fsp3) is 0.844. The third kappa shape index (κ3) is 11.6. The first-order valence-electron chi connectivity index (χ1n) is 15.9. The summed E-state index contributed by atoms with van der Waals surface area (Å²) in [5, 5.41) is 14.3. The lowest BCUT2D eigenvalue weighted by molar-refractivity contribution is -0.134. The number of hydrogen-bond donors (Lipinski definition) is 5. The van der Waals surface area contributed by atoms with Gasteiger partial charge in [0, 0.05) is 33.0 Å². The van der Waals surface area contributed by atoms with E-state index in [0.29, 0.717) is 13.0 Å². The van der Waals surface area contributed by atoms with Crippen LogP contribution in [0.15, 0.2) is 0 Å². The van der Waals surface area contributed by atoms with E-state index in [1.807, 2.05) is 0 Å². The first-order valence-corrected chi connectivity index (χ1v) is 15.9. The molecule has 43 heavy (non-hydrogen) atoms. The van der Waals surface area contributed by atoms with E-state index in [-0.39, 0.29) is 42.0 Å². The van der Waals surface area contributed by atoms with Gasteiger partial charge in [0.15, 0.2) is 0 Å². The van der Waals surface area contributed by atoms with Crippen molar-refractivity contribution in [1.29, 1.82) is 0 Å². The highest BCUT2D eigenvalue weighted by Crippen LogP contribution is 2.40. The maximum atomic E-state index is 13.4. The molecule has 2 rings (SSSR count). The standard InChI is InChI=1S/C32H57N5O6/c1-28(2,3)43-27(42)37-30(6,7)26(41)35-22-32(17-13-10-14-18-32)20-24(39)36-29(4,5)25(40)34-21-31(19-23(38)33-8)15-11-9-12-16-31/h9-22H2,1-8H3,(H,33,38)(H,34,40)(H,35,41)(H,36,39)(H,37,42). The van der Waals surface area contributed by atoms with Crippen LogP contribution in [0.25, 0.3) is 0 Å². The zero-order chi connectivity index (χ0) is 32.5. The summed E-state index contributed by atoms with van der Waals surface area (Å²) in [6.07, 6.45) is 9.31. The van der Waals surface area contributed by atoms with Crippen molar-refractivity contribution in [2.75, 3.05) is 20.1 Å². The van der Waals surface area contributed by atoms with Gasteiger partial charge in [0.05, 0.1) is 0 Å². The Morgan fingerprint density at radius 1 is 0.605 bits per heavy atom. The zero-order valence-corrected chi connectivity index (χ0v) is 27.8. The Morgan fingerprint density at radius 2 is 1.00 bits per heavy atom. The summed E-state index contributed by atoms with van der Waals surface area (Å²) in [5.41, 5.74) is -3.78. The molecule has 2 saturated carbocycles. The molecule has 0 aromatic heterocycles. The van der Waals surface area contributed by atoms with E-state index in [1.165, 1.54) is 0 Å². The maximum absolute atomic E-state index is 13.4. The highest BCUT2D eigenvalue weighted by molar-refractivity contribution is 5.91. The predicted octanol–water partition coefficient (Wildman–Crippen LogP) is 3.84. The zero-order valence-electron chi connectivity index (χ0n) is 27.8. The van der Waals surface area contributed by atoms with Crippen molar-refractivity contribution in [3.63, 3.8) is 0 Å². The Kier molecular flexibility index (Phi) is 12.5. The maximum Gasteiger partial charge on any atom is 0.408 e. The number of rotatable bonds is 12. The molecule has 2 aliphatic carbocycles. The molecule has 5 amide bonds. The van der Waals surface area contributed by atoms with Crippen LogP contribution in [0, 0.1) is 10.8 Å². The predicted molar refractivity (Wildman–Crippen MR) is 166 cm³/mol. The average molecular weight is 608 g/mol. The molecule has 11 nitrogen and oxygen atoms in total. The molecule has 246 valence electrons. The minimum Gasteiger partial charge on any atom is -0.444 e. The molecule has 5 N–H and O–H groups in total. The first-order chi connectivity index (χ1) is 19.8. The monoisotopic (exact) mass is 607 g/mol. The summed E-state index contributed by atoms with van der Waals surface area (Å²) < 4.78 is 5.30. The highest BCUT2D eigenvalue weighted by Gasteiger charge is 2.40. The van der Waals surface area contributed by atoms with Crippen molar-refractivity contribution in [2.45, 2.75) is 142 Å². The Bertz CT molecular complexity index is 1000. The smallest absolute Gasteiger partial charge is 0.408 e. The third-order valence-corrected chi connectivity index (χ3v) is 8.83. The van der Waals surface area contributed by atoms with E-state index in [2.05, 4.69) is 26.6 Å². The van der Waals surface area contributed by atoms with Crippen molar-refractivity contribution in [2.24, 2.45) is 10.8 Å². The van der Waals surface area contributed by atoms with E-state index >= 15 is 0 Å². The quantitative estimate of drug-likeness (QED) is 0.227. The van der Waals surface area contributed by atoms with Crippen LogP contribution < -0.4 is 26.6 Å². The molecule has 0 aromatic rings. The van der Waals surface area contributed by atoms with E-state index in [0.717, 1.165) is 64.2 Å². The normalized spacial score (nSPS) is 18.5. The third-order valence-electron chi connectivity index (χ3n) is 8.83. The molecule has 0 bridgehead atoms. The second-order valence-electron chi connectivity index (χ2n) is 14.9. The van der Waals surface area contributed by atoms with E-state index in [9.17, 15) is 24.0 Å². The lowest BCUT2D eigenvalue weighted by atomic mass is 9.71. The lowest BCUT2D eigenvalue weighted by Gasteiger charge is -2.39. The number of ether oxygens (including phenoxy) is 1. The lowest BCUT2D eigenvalue weighted by Crippen LogP contribution is -2.58. The van der Waals surface area contributed by atoms with Gasteiger partial charge in [-0.3, -0.25) is 19.2 Å². The molecule has 0 unspecified atom stereocenters. The largest absolute Gasteiger partial charge is 0.444 e. The molecule has 0 radical (unpaired) electrons. The van der Waals surface area contributed by atoms with Crippen LogP contribution in [0.4, 0.5) is 4.79 Å². The molecule has 0 aromatic carbocycles. The van der Waals surface area contributed by atoms with Crippen LogP contribution in [0.2, 0.25) is 0 Å². The SMILES string of the molecule is CNC(=O)CC1(CNC(=O)C(C)(C)NC(=O)CC2(CNC(=O)C(C)(C)NC(=O)OC(C)(C)C)CCCCC2)CCCCC1. The summed E-state index contributed by atoms with van der Waals surface area (Å²) in [5.74, 6) is -0.932. The van der Waals surface area contributed by atoms with Gasteiger partial charge in [0.25, 0.3) is 0 Å². The number of alkyl carbamates (subject to hydrolysis) is 1. The number of carbonyl (C=O) groups is 5. The van der Waals surface area contributed by atoms with E-state index in [1.54, 1.807) is 55.5 Å². The molecule has 0 saturated heterocycles. The minimum atomic E-state index is -1.21. The fourth-order valence-corrected chi connectivity index (χ4v) is 6.25. The van der Waals surface area contributed by atoms with Crippen LogP contribution in [0.3, 0.4) is 0 Å². The minimum absolute atomic E-state index is 0.0300. The van der Waals surface area contributed by atoms with Gasteiger partial charge in [-0.05, 0) is 85.0 Å². The fourth-order valence-electron chi connectivity index (χ4n) is 6.25. The van der Waals surface area contributed by atoms with Gasteiger partial charge in [0.1, 0.15) is 16.7 Å². The van der Waals surface area contributed by atoms with Crippen molar-refractivity contribution in [1.82, 2.24) is 26.6 Å². The molecule has 0 atom stereocenters. The summed E-state index contributed by atoms with van der Waals surface area (Å²) in [4.78, 5) is 64.3. The van der Waals surface area contributed by atoms with Crippen LogP contribution in [0.5, 0.6) is 0 Å². The Hall–Kier alpha value is -2.85. The van der Waals surface area contributed by atoms with Crippen molar-refractivity contribution in [3.8, 4) is 0 Å². The van der Waals surface area contributed by atoms with Crippen LogP contribution >= 0.6 is 0 Å². The summed E-state index contributed by atoms with van der Waals surface area (Å²) >= 11 is 0. The second kappa shape index (κ2) is 14.8. The van der Waals surface area contributed by atoms with Gasteiger partial charge >= 0.3 is 6.09 Å². The summed E-state index contributed by atoms with van der Waals surface area (Å²) in [7, 11) is 1.63. The average Bonchev–Trinajstić information content (AvgIpc) is 2.89. The Labute approximate surface area is 258 Å². The molecule has 2 fully saturated rings. The molecule has 0 aliphatic heterocycles. The molecule has 11 heteroatoms. The Balaban J connectivity index is 2.00. The van der Waals surface area contributed by atoms with Gasteiger partial charge in [-0.25, -0.2) is 4.79 Å². The van der Waals surface area contributed by atoms with Gasteiger partial charge < -0.3 is 31.3 Å². The number of amides is 5.